The van der Waals surface area contributed by atoms with Gasteiger partial charge in [-0.15, -0.1) is 0 Å². The van der Waals surface area contributed by atoms with Gasteiger partial charge in [0.25, 0.3) is 0 Å². The van der Waals surface area contributed by atoms with Crippen molar-refractivity contribution >= 4 is 22.5 Å². The third kappa shape index (κ3) is 3.95. The molecular weight excluding hydrogens is 346 g/mol. The Morgan fingerprint density at radius 3 is 2.43 bits per heavy atom. The second-order valence-electron chi connectivity index (χ2n) is 8.96. The van der Waals surface area contributed by atoms with Gasteiger partial charge in [-0.1, -0.05) is 0 Å². The lowest BCUT2D eigenvalue weighted by molar-refractivity contribution is 0.228. The standard InChI is InChI=1S/C23H33N5/c1-2-14-27(13-1)17-18-5-7-19(8-6-18)25-21-11-12-24-20-9-10-22(26-23(20)21)28-15-3-4-16-28/h9-12,18-19H,1-8,13-17H2,(H,24,25)/t18-,19-. The summed E-state index contributed by atoms with van der Waals surface area (Å²) in [6.07, 6.45) is 12.5. The van der Waals surface area contributed by atoms with Gasteiger partial charge in [0.15, 0.2) is 0 Å². The van der Waals surface area contributed by atoms with Gasteiger partial charge in [-0.25, -0.2) is 4.98 Å². The summed E-state index contributed by atoms with van der Waals surface area (Å²) in [6, 6.07) is 6.94. The predicted molar refractivity (Wildman–Crippen MR) is 116 cm³/mol. The van der Waals surface area contributed by atoms with Gasteiger partial charge in [-0.2, -0.15) is 0 Å². The average Bonchev–Trinajstić information content (AvgIpc) is 3.44. The molecule has 0 radical (unpaired) electrons. The molecule has 0 atom stereocenters. The molecule has 5 heteroatoms. The molecule has 5 rings (SSSR count). The van der Waals surface area contributed by atoms with E-state index >= 15 is 0 Å². The van der Waals surface area contributed by atoms with Crippen LogP contribution in [0, 0.1) is 5.92 Å². The van der Waals surface area contributed by atoms with Crippen molar-refractivity contribution < 1.29 is 0 Å². The molecule has 3 aliphatic rings. The molecule has 1 aliphatic carbocycles. The van der Waals surface area contributed by atoms with Gasteiger partial charge in [0, 0.05) is 31.9 Å². The molecule has 2 aromatic heterocycles. The minimum Gasteiger partial charge on any atom is -0.380 e. The molecule has 0 unspecified atom stereocenters. The summed E-state index contributed by atoms with van der Waals surface area (Å²) in [6.45, 7) is 6.23. The van der Waals surface area contributed by atoms with Crippen molar-refractivity contribution in [3.63, 3.8) is 0 Å². The van der Waals surface area contributed by atoms with E-state index in [1.807, 2.05) is 6.20 Å². The predicted octanol–water partition coefficient (Wildman–Crippen LogP) is 4.30. The molecule has 150 valence electrons. The van der Waals surface area contributed by atoms with E-state index in [1.54, 1.807) is 0 Å². The summed E-state index contributed by atoms with van der Waals surface area (Å²) in [4.78, 5) is 14.6. The van der Waals surface area contributed by atoms with Crippen LogP contribution in [0.25, 0.3) is 11.0 Å². The zero-order valence-corrected chi connectivity index (χ0v) is 16.9. The zero-order valence-electron chi connectivity index (χ0n) is 16.9. The first-order valence-electron chi connectivity index (χ1n) is 11.3. The maximum absolute atomic E-state index is 5.00. The van der Waals surface area contributed by atoms with Crippen molar-refractivity contribution in [2.75, 3.05) is 42.9 Å². The zero-order chi connectivity index (χ0) is 18.8. The Balaban J connectivity index is 1.25. The summed E-state index contributed by atoms with van der Waals surface area (Å²) in [5, 5.41) is 3.82. The number of hydrogen-bond acceptors (Lipinski definition) is 5. The fraction of sp³-hybridized carbons (Fsp3) is 0.652. The maximum atomic E-state index is 5.00. The van der Waals surface area contributed by atoms with Crippen LogP contribution < -0.4 is 10.2 Å². The fourth-order valence-corrected chi connectivity index (χ4v) is 5.29. The van der Waals surface area contributed by atoms with E-state index in [2.05, 4.69) is 38.3 Å². The van der Waals surface area contributed by atoms with Crippen LogP contribution in [0.5, 0.6) is 0 Å². The Morgan fingerprint density at radius 2 is 1.64 bits per heavy atom. The quantitative estimate of drug-likeness (QED) is 0.839. The monoisotopic (exact) mass is 379 g/mol. The summed E-state index contributed by atoms with van der Waals surface area (Å²) < 4.78 is 0. The third-order valence-electron chi connectivity index (χ3n) is 6.92. The van der Waals surface area contributed by atoms with E-state index in [-0.39, 0.29) is 0 Å². The Hall–Kier alpha value is -1.88. The molecule has 0 spiro atoms. The Morgan fingerprint density at radius 1 is 0.893 bits per heavy atom. The summed E-state index contributed by atoms with van der Waals surface area (Å²) >= 11 is 0. The van der Waals surface area contributed by atoms with Crippen LogP contribution in [0.4, 0.5) is 11.5 Å². The first-order valence-corrected chi connectivity index (χ1v) is 11.3. The first kappa shape index (κ1) is 18.2. The highest BCUT2D eigenvalue weighted by Gasteiger charge is 2.24. The molecule has 2 aliphatic heterocycles. The van der Waals surface area contributed by atoms with Gasteiger partial charge in [0.05, 0.1) is 11.2 Å². The first-order chi connectivity index (χ1) is 13.8. The van der Waals surface area contributed by atoms with E-state index < -0.39 is 0 Å². The van der Waals surface area contributed by atoms with E-state index in [4.69, 9.17) is 4.98 Å². The minimum atomic E-state index is 0.567. The van der Waals surface area contributed by atoms with Crippen molar-refractivity contribution in [1.29, 1.82) is 0 Å². The Labute approximate surface area is 168 Å². The second kappa shape index (κ2) is 8.24. The third-order valence-corrected chi connectivity index (χ3v) is 6.92. The molecule has 1 saturated carbocycles. The van der Waals surface area contributed by atoms with Crippen LogP contribution in [0.15, 0.2) is 24.4 Å². The second-order valence-corrected chi connectivity index (χ2v) is 8.96. The molecule has 28 heavy (non-hydrogen) atoms. The van der Waals surface area contributed by atoms with Gasteiger partial charge >= 0.3 is 0 Å². The van der Waals surface area contributed by atoms with E-state index in [1.165, 1.54) is 71.0 Å². The SMILES string of the molecule is c1cc(N[C@H]2CC[C@H](CN3CCCC3)CC2)c2nc(N3CCCC3)ccc2n1. The summed E-state index contributed by atoms with van der Waals surface area (Å²) in [7, 11) is 0. The summed E-state index contributed by atoms with van der Waals surface area (Å²) in [5.74, 6) is 2.00. The van der Waals surface area contributed by atoms with E-state index in [0.717, 1.165) is 41.5 Å². The normalized spacial score (nSPS) is 26.2. The average molecular weight is 380 g/mol. The lowest BCUT2D eigenvalue weighted by atomic mass is 9.85. The van der Waals surface area contributed by atoms with Gasteiger partial charge in [-0.05, 0) is 88.6 Å². The molecule has 1 N–H and O–H groups in total. The highest BCUT2D eigenvalue weighted by Crippen LogP contribution is 2.30. The fourth-order valence-electron chi connectivity index (χ4n) is 5.29. The Bertz CT molecular complexity index is 787. The van der Waals surface area contributed by atoms with Gasteiger partial charge in [0.2, 0.25) is 0 Å². The number of pyridine rings is 2. The maximum Gasteiger partial charge on any atom is 0.129 e. The molecule has 5 nitrogen and oxygen atoms in total. The molecule has 3 fully saturated rings. The highest BCUT2D eigenvalue weighted by molar-refractivity contribution is 5.88. The number of fused-ring (bicyclic) bond motifs is 1. The lowest BCUT2D eigenvalue weighted by Crippen LogP contribution is -2.32. The van der Waals surface area contributed by atoms with Crippen molar-refractivity contribution in [3.8, 4) is 0 Å². The highest BCUT2D eigenvalue weighted by atomic mass is 15.2. The number of nitrogens with one attached hydrogen (secondary N) is 1. The van der Waals surface area contributed by atoms with Crippen LogP contribution >= 0.6 is 0 Å². The molecule has 2 aromatic rings. The topological polar surface area (TPSA) is 44.3 Å². The smallest absolute Gasteiger partial charge is 0.129 e. The van der Waals surface area contributed by atoms with E-state index in [0.29, 0.717) is 6.04 Å². The number of aromatic nitrogens is 2. The molecule has 0 aromatic carbocycles. The van der Waals surface area contributed by atoms with Crippen LogP contribution in [-0.2, 0) is 0 Å². The van der Waals surface area contributed by atoms with Crippen LogP contribution in [-0.4, -0.2) is 53.6 Å². The van der Waals surface area contributed by atoms with Gasteiger partial charge in [-0.3, -0.25) is 4.98 Å². The van der Waals surface area contributed by atoms with Crippen molar-refractivity contribution in [1.82, 2.24) is 14.9 Å². The molecule has 0 bridgehead atoms. The van der Waals surface area contributed by atoms with Gasteiger partial charge < -0.3 is 15.1 Å². The van der Waals surface area contributed by atoms with Crippen LogP contribution in [0.2, 0.25) is 0 Å². The minimum absolute atomic E-state index is 0.567. The number of rotatable bonds is 5. The van der Waals surface area contributed by atoms with Gasteiger partial charge in [0.1, 0.15) is 11.3 Å². The molecular formula is C23H33N5. The van der Waals surface area contributed by atoms with Crippen LogP contribution in [0.3, 0.4) is 0 Å². The number of anilines is 2. The van der Waals surface area contributed by atoms with Crippen LogP contribution in [0.1, 0.15) is 51.4 Å². The number of hydrogen-bond donors (Lipinski definition) is 1. The van der Waals surface area contributed by atoms with E-state index in [9.17, 15) is 0 Å². The van der Waals surface area contributed by atoms with Crippen molar-refractivity contribution in [2.45, 2.75) is 57.4 Å². The lowest BCUT2D eigenvalue weighted by Gasteiger charge is -2.32. The largest absolute Gasteiger partial charge is 0.380 e. The Kier molecular flexibility index (Phi) is 5.34. The molecule has 0 amide bonds. The summed E-state index contributed by atoms with van der Waals surface area (Å²) in [5.41, 5.74) is 3.19. The van der Waals surface area contributed by atoms with Crippen molar-refractivity contribution in [2.24, 2.45) is 5.92 Å². The van der Waals surface area contributed by atoms with Crippen molar-refractivity contribution in [3.05, 3.63) is 24.4 Å². The molecule has 4 heterocycles. The molecule has 2 saturated heterocycles. The number of likely N-dealkylation sites (tertiary alicyclic amines) is 1. The number of nitrogens with zero attached hydrogens (tertiary/aromatic N) is 4.